The number of rotatable bonds is 8. The predicted molar refractivity (Wildman–Crippen MR) is 140 cm³/mol. The van der Waals surface area contributed by atoms with Gasteiger partial charge in [0, 0.05) is 37.0 Å². The van der Waals surface area contributed by atoms with E-state index in [4.69, 9.17) is 9.47 Å². The zero-order valence-corrected chi connectivity index (χ0v) is 22.0. The number of nitrogens with one attached hydrogen (secondary N) is 2. The molecule has 0 saturated carbocycles. The number of H-pyrrole nitrogens is 1. The molecular formula is C26H34F2N6O3. The van der Waals surface area contributed by atoms with E-state index >= 15 is 8.78 Å². The summed E-state index contributed by atoms with van der Waals surface area (Å²) in [5.74, 6) is -1.86. The maximum Gasteiger partial charge on any atom is 0.329 e. The summed E-state index contributed by atoms with van der Waals surface area (Å²) in [6.45, 7) is 8.20. The molecule has 0 aliphatic carbocycles. The van der Waals surface area contributed by atoms with Crippen LogP contribution >= 0.6 is 0 Å². The van der Waals surface area contributed by atoms with E-state index in [1.54, 1.807) is 7.05 Å². The number of carbonyl (C=O) groups excluding carboxylic acids is 1. The lowest BCUT2D eigenvalue weighted by molar-refractivity contribution is 0.228. The van der Waals surface area contributed by atoms with Gasteiger partial charge in [0.05, 0.1) is 26.5 Å². The number of methoxy groups -OCH3 is 2. The summed E-state index contributed by atoms with van der Waals surface area (Å²) in [5.41, 5.74) is 2.43. The Morgan fingerprint density at radius 1 is 1.14 bits per heavy atom. The zero-order chi connectivity index (χ0) is 26.9. The molecule has 9 nitrogen and oxygen atoms in total. The number of likely N-dealkylation sites (tertiary alicyclic amines) is 1. The van der Waals surface area contributed by atoms with Crippen molar-refractivity contribution in [3.8, 4) is 11.5 Å². The molecule has 2 aliphatic heterocycles. The van der Waals surface area contributed by atoms with Gasteiger partial charge in [0.2, 0.25) is 0 Å². The summed E-state index contributed by atoms with van der Waals surface area (Å²) in [6.07, 6.45) is 2.16. The molecule has 0 bridgehead atoms. The second kappa shape index (κ2) is 10.9. The van der Waals surface area contributed by atoms with Crippen LogP contribution in [-0.4, -0.2) is 81.5 Å². The Kier molecular flexibility index (Phi) is 7.84. The van der Waals surface area contributed by atoms with Crippen molar-refractivity contribution in [1.82, 2.24) is 20.1 Å². The minimum Gasteiger partial charge on any atom is -0.493 e. The van der Waals surface area contributed by atoms with E-state index in [0.29, 0.717) is 29.7 Å². The van der Waals surface area contributed by atoms with Gasteiger partial charge in [-0.3, -0.25) is 9.80 Å². The van der Waals surface area contributed by atoms with Gasteiger partial charge in [-0.25, -0.2) is 18.6 Å². The van der Waals surface area contributed by atoms with Gasteiger partial charge in [-0.2, -0.15) is 0 Å². The van der Waals surface area contributed by atoms with E-state index in [0.717, 1.165) is 48.2 Å². The Bertz CT molecular complexity index is 1190. The van der Waals surface area contributed by atoms with Gasteiger partial charge >= 0.3 is 6.03 Å². The van der Waals surface area contributed by atoms with Gasteiger partial charge < -0.3 is 24.7 Å². The number of aromatic nitrogens is 1. The van der Waals surface area contributed by atoms with E-state index in [9.17, 15) is 4.79 Å². The smallest absolute Gasteiger partial charge is 0.329 e. The molecule has 3 heterocycles. The molecule has 0 unspecified atom stereocenters. The summed E-state index contributed by atoms with van der Waals surface area (Å²) in [6, 6.07) is 2.89. The lowest BCUT2D eigenvalue weighted by atomic mass is 10.0. The first kappa shape index (κ1) is 26.6. The SMILES string of the molecule is C=Nc1[nH]c(CNC2CCN(C)CC2)cc1C1=C(C)CN(c2c(F)c(OC)cc(OC)c2F)C(=O)N1C. The number of halogens is 2. The molecule has 1 fully saturated rings. The fraction of sp³-hybridized carbons (Fsp3) is 0.462. The minimum absolute atomic E-state index is 0.0341. The molecule has 2 amide bonds. The van der Waals surface area contributed by atoms with Crippen molar-refractivity contribution in [2.45, 2.75) is 32.4 Å². The fourth-order valence-corrected chi connectivity index (χ4v) is 5.00. The van der Waals surface area contributed by atoms with Crippen molar-refractivity contribution in [1.29, 1.82) is 0 Å². The van der Waals surface area contributed by atoms with Crippen LogP contribution in [0, 0.1) is 11.6 Å². The van der Waals surface area contributed by atoms with E-state index in [1.165, 1.54) is 19.1 Å². The van der Waals surface area contributed by atoms with Crippen molar-refractivity contribution < 1.29 is 23.0 Å². The molecule has 2 aromatic rings. The van der Waals surface area contributed by atoms with E-state index in [1.807, 2.05) is 13.0 Å². The standard InChI is InChI=1S/C26H34F2N6O3/c1-15-14-34(24-21(27)19(36-5)12-20(37-6)22(24)28)26(35)33(4)23(15)18-11-17(31-25(18)29-2)13-30-16-7-9-32(3)10-8-16/h11-12,16,30-31H,2,7-10,13-14H2,1,3-6H3. The number of piperidine rings is 1. The average molecular weight is 517 g/mol. The van der Waals surface area contributed by atoms with E-state index in [2.05, 4.69) is 34.0 Å². The molecule has 1 aromatic carbocycles. The van der Waals surface area contributed by atoms with Crippen LogP contribution in [-0.2, 0) is 6.54 Å². The lowest BCUT2D eigenvalue weighted by Gasteiger charge is -2.36. The quantitative estimate of drug-likeness (QED) is 0.516. The van der Waals surface area contributed by atoms with Crippen molar-refractivity contribution >= 4 is 30.0 Å². The number of aromatic amines is 1. The topological polar surface area (TPSA) is 85.4 Å². The van der Waals surface area contributed by atoms with Gasteiger partial charge in [0.25, 0.3) is 0 Å². The molecule has 0 atom stereocenters. The van der Waals surface area contributed by atoms with Gasteiger partial charge in [-0.15, -0.1) is 0 Å². The molecule has 0 spiro atoms. The Hall–Kier alpha value is -3.44. The van der Waals surface area contributed by atoms with Crippen LogP contribution in [0.15, 0.2) is 22.7 Å². The first-order chi connectivity index (χ1) is 17.7. The van der Waals surface area contributed by atoms with Gasteiger partial charge in [-0.1, -0.05) is 0 Å². The number of aliphatic imine (C=N–C) groups is 1. The summed E-state index contributed by atoms with van der Waals surface area (Å²) in [5, 5.41) is 3.59. The third kappa shape index (κ3) is 5.05. The van der Waals surface area contributed by atoms with Crippen LogP contribution in [0.25, 0.3) is 5.70 Å². The second-order valence-electron chi connectivity index (χ2n) is 9.49. The molecule has 2 aliphatic rings. The summed E-state index contributed by atoms with van der Waals surface area (Å²) in [4.78, 5) is 25.6. The number of benzene rings is 1. The molecule has 0 radical (unpaired) electrons. The predicted octanol–water partition coefficient (Wildman–Crippen LogP) is 4.13. The van der Waals surface area contributed by atoms with Crippen molar-refractivity contribution in [2.24, 2.45) is 4.99 Å². The number of ether oxygens (including phenoxy) is 2. The van der Waals surface area contributed by atoms with Gasteiger partial charge in [0.15, 0.2) is 23.1 Å². The van der Waals surface area contributed by atoms with Crippen molar-refractivity contribution in [2.75, 3.05) is 52.8 Å². The number of hydrogen-bond acceptors (Lipinski definition) is 6. The molecule has 2 N–H and O–H groups in total. The molecule has 37 heavy (non-hydrogen) atoms. The van der Waals surface area contributed by atoms with E-state index < -0.39 is 23.4 Å². The summed E-state index contributed by atoms with van der Waals surface area (Å²) >= 11 is 0. The van der Waals surface area contributed by atoms with Crippen LogP contribution in [0.1, 0.15) is 31.0 Å². The molecule has 4 rings (SSSR count). The van der Waals surface area contributed by atoms with Crippen LogP contribution in [0.3, 0.4) is 0 Å². The first-order valence-corrected chi connectivity index (χ1v) is 12.2. The van der Waals surface area contributed by atoms with Gasteiger partial charge in [0.1, 0.15) is 11.5 Å². The largest absolute Gasteiger partial charge is 0.493 e. The minimum atomic E-state index is -0.976. The van der Waals surface area contributed by atoms with Crippen LogP contribution < -0.4 is 19.7 Å². The number of amides is 2. The summed E-state index contributed by atoms with van der Waals surface area (Å²) < 4.78 is 40.4. The highest BCUT2D eigenvalue weighted by atomic mass is 19.1. The Balaban J connectivity index is 1.64. The monoisotopic (exact) mass is 516 g/mol. The third-order valence-electron chi connectivity index (χ3n) is 7.04. The maximum atomic E-state index is 15.2. The highest BCUT2D eigenvalue weighted by molar-refractivity contribution is 6.02. The van der Waals surface area contributed by atoms with Crippen LogP contribution in [0.5, 0.6) is 11.5 Å². The number of nitrogens with zero attached hydrogens (tertiary/aromatic N) is 4. The fourth-order valence-electron chi connectivity index (χ4n) is 5.00. The molecule has 1 saturated heterocycles. The lowest BCUT2D eigenvalue weighted by Crippen LogP contribution is -2.46. The summed E-state index contributed by atoms with van der Waals surface area (Å²) in [7, 11) is 6.22. The normalized spacial score (nSPS) is 17.5. The number of hydrogen-bond donors (Lipinski definition) is 2. The van der Waals surface area contributed by atoms with Crippen LogP contribution in [0.4, 0.5) is 25.1 Å². The van der Waals surface area contributed by atoms with Gasteiger partial charge in [-0.05, 0) is 58.3 Å². The van der Waals surface area contributed by atoms with Crippen molar-refractivity contribution in [3.63, 3.8) is 0 Å². The highest BCUT2D eigenvalue weighted by Crippen LogP contribution is 2.41. The Labute approximate surface area is 215 Å². The zero-order valence-electron chi connectivity index (χ0n) is 22.0. The Morgan fingerprint density at radius 3 is 2.32 bits per heavy atom. The van der Waals surface area contributed by atoms with Crippen molar-refractivity contribution in [3.05, 3.63) is 40.6 Å². The number of urea groups is 1. The maximum absolute atomic E-state index is 15.2. The molecule has 1 aromatic heterocycles. The van der Waals surface area contributed by atoms with E-state index in [-0.39, 0.29) is 18.0 Å². The molecular weight excluding hydrogens is 482 g/mol. The molecule has 200 valence electrons. The average Bonchev–Trinajstić information content (AvgIpc) is 3.29. The number of carbonyl (C=O) groups is 1. The Morgan fingerprint density at radius 2 is 1.76 bits per heavy atom. The number of anilines is 1. The highest BCUT2D eigenvalue weighted by Gasteiger charge is 2.36. The molecule has 11 heteroatoms. The third-order valence-corrected chi connectivity index (χ3v) is 7.04. The van der Waals surface area contributed by atoms with Crippen LogP contribution in [0.2, 0.25) is 0 Å². The second-order valence-corrected chi connectivity index (χ2v) is 9.49. The first-order valence-electron chi connectivity index (χ1n) is 12.2.